The van der Waals surface area contributed by atoms with E-state index in [1.165, 1.54) is 18.7 Å². The number of carbonyl (C=O) groups excluding carboxylic acids is 1. The Labute approximate surface area is 141 Å². The monoisotopic (exact) mass is 344 g/mol. The highest BCUT2D eigenvalue weighted by Crippen LogP contribution is 2.16. The van der Waals surface area contributed by atoms with Crippen molar-refractivity contribution in [1.82, 2.24) is 19.1 Å². The molecule has 2 heterocycles. The molecule has 0 spiro atoms. The zero-order valence-corrected chi connectivity index (χ0v) is 13.7. The Morgan fingerprint density at radius 1 is 1.08 bits per heavy atom. The maximum Gasteiger partial charge on any atom is 0.332 e. The minimum atomic E-state index is -0.580. The molecule has 0 amide bonds. The minimum Gasteiger partial charge on any atom is -0.294 e. The third-order valence-corrected chi connectivity index (χ3v) is 4.03. The van der Waals surface area contributed by atoms with Gasteiger partial charge in [-0.3, -0.25) is 18.7 Å². The van der Waals surface area contributed by atoms with Gasteiger partial charge in [-0.15, -0.1) is 0 Å². The molecule has 122 valence electrons. The molecule has 0 radical (unpaired) electrons. The van der Waals surface area contributed by atoms with Gasteiger partial charge in [0.25, 0.3) is 5.56 Å². The SMILES string of the molecule is Cn1c(=O)c2nc(Cl)c(CC(=O)c3ccccc3)nc2n(C)c1=O. The van der Waals surface area contributed by atoms with Crippen LogP contribution in [0.1, 0.15) is 16.1 Å². The van der Waals surface area contributed by atoms with Crippen LogP contribution in [0.2, 0.25) is 5.15 Å². The number of benzene rings is 1. The van der Waals surface area contributed by atoms with E-state index in [0.29, 0.717) is 5.56 Å². The van der Waals surface area contributed by atoms with Crippen LogP contribution in [0.5, 0.6) is 0 Å². The molecule has 8 heteroatoms. The van der Waals surface area contributed by atoms with Gasteiger partial charge in [0.2, 0.25) is 0 Å². The fraction of sp³-hybridized carbons (Fsp3) is 0.188. The molecule has 2 aromatic heterocycles. The first kappa shape index (κ1) is 16.1. The van der Waals surface area contributed by atoms with Crippen LogP contribution < -0.4 is 11.2 Å². The first-order chi connectivity index (χ1) is 11.4. The summed E-state index contributed by atoms with van der Waals surface area (Å²) in [6.07, 6.45) is -0.0742. The molecule has 0 unspecified atom stereocenters. The Morgan fingerprint density at radius 2 is 1.75 bits per heavy atom. The quantitative estimate of drug-likeness (QED) is 0.664. The Balaban J connectivity index is 2.14. The summed E-state index contributed by atoms with van der Waals surface area (Å²) >= 11 is 6.09. The zero-order valence-electron chi connectivity index (χ0n) is 13.0. The Hall–Kier alpha value is -2.80. The van der Waals surface area contributed by atoms with Crippen molar-refractivity contribution in [2.24, 2.45) is 14.1 Å². The summed E-state index contributed by atoms with van der Waals surface area (Å²) in [5.41, 5.74) is -0.272. The van der Waals surface area contributed by atoms with Gasteiger partial charge in [0.1, 0.15) is 0 Å². The number of carbonyl (C=O) groups is 1. The molecular weight excluding hydrogens is 332 g/mol. The third kappa shape index (κ3) is 2.63. The first-order valence-electron chi connectivity index (χ1n) is 7.10. The van der Waals surface area contributed by atoms with Crippen LogP contribution in [0.3, 0.4) is 0 Å². The molecule has 0 aliphatic rings. The van der Waals surface area contributed by atoms with Crippen LogP contribution in [0, 0.1) is 0 Å². The van der Waals surface area contributed by atoms with Gasteiger partial charge < -0.3 is 0 Å². The Morgan fingerprint density at radius 3 is 2.42 bits per heavy atom. The summed E-state index contributed by atoms with van der Waals surface area (Å²) in [5.74, 6) is -0.181. The van der Waals surface area contributed by atoms with Crippen molar-refractivity contribution in [2.45, 2.75) is 6.42 Å². The van der Waals surface area contributed by atoms with E-state index in [4.69, 9.17) is 11.6 Å². The molecule has 1 aromatic carbocycles. The van der Waals surface area contributed by atoms with E-state index in [0.717, 1.165) is 4.57 Å². The Bertz CT molecular complexity index is 1070. The van der Waals surface area contributed by atoms with Crippen molar-refractivity contribution < 1.29 is 4.79 Å². The number of aryl methyl sites for hydroxylation is 1. The van der Waals surface area contributed by atoms with Crippen LogP contribution in [-0.2, 0) is 20.5 Å². The fourth-order valence-electron chi connectivity index (χ4n) is 2.37. The first-order valence-corrected chi connectivity index (χ1v) is 7.48. The van der Waals surface area contributed by atoms with Crippen LogP contribution in [0.4, 0.5) is 0 Å². The number of nitrogens with zero attached hydrogens (tertiary/aromatic N) is 4. The van der Waals surface area contributed by atoms with Crippen LogP contribution in [0.15, 0.2) is 39.9 Å². The van der Waals surface area contributed by atoms with Crippen LogP contribution in [0.25, 0.3) is 11.2 Å². The van der Waals surface area contributed by atoms with Gasteiger partial charge >= 0.3 is 5.69 Å². The van der Waals surface area contributed by atoms with E-state index in [2.05, 4.69) is 9.97 Å². The van der Waals surface area contributed by atoms with Crippen molar-refractivity contribution in [3.63, 3.8) is 0 Å². The zero-order chi connectivity index (χ0) is 17.4. The molecule has 3 rings (SSSR count). The topological polar surface area (TPSA) is 86.8 Å². The molecule has 0 saturated carbocycles. The van der Waals surface area contributed by atoms with Gasteiger partial charge in [-0.2, -0.15) is 0 Å². The summed E-state index contributed by atoms with van der Waals surface area (Å²) in [7, 11) is 2.84. The molecular formula is C16H13ClN4O3. The molecule has 0 aliphatic heterocycles. The second-order valence-corrected chi connectivity index (χ2v) is 5.66. The molecule has 0 aliphatic carbocycles. The van der Waals surface area contributed by atoms with E-state index >= 15 is 0 Å². The number of ketones is 1. The smallest absolute Gasteiger partial charge is 0.294 e. The molecule has 3 aromatic rings. The van der Waals surface area contributed by atoms with Crippen molar-refractivity contribution in [1.29, 1.82) is 0 Å². The van der Waals surface area contributed by atoms with E-state index in [-0.39, 0.29) is 34.2 Å². The maximum absolute atomic E-state index is 12.3. The standard InChI is InChI=1S/C16H13ClN4O3/c1-20-14-12(15(23)21(2)16(20)24)19-13(17)10(18-14)8-11(22)9-6-4-3-5-7-9/h3-7H,8H2,1-2H3. The van der Waals surface area contributed by atoms with E-state index in [9.17, 15) is 14.4 Å². The van der Waals surface area contributed by atoms with E-state index in [1.54, 1.807) is 24.3 Å². The number of Topliss-reactive ketones (excluding diaryl/α,β-unsaturated/α-hetero) is 1. The summed E-state index contributed by atoms with van der Waals surface area (Å²) in [4.78, 5) is 44.7. The van der Waals surface area contributed by atoms with Crippen molar-refractivity contribution in [3.8, 4) is 0 Å². The molecule has 0 saturated heterocycles. The van der Waals surface area contributed by atoms with Crippen molar-refractivity contribution >= 4 is 28.5 Å². The lowest BCUT2D eigenvalue weighted by Crippen LogP contribution is -2.38. The van der Waals surface area contributed by atoms with E-state index in [1.807, 2.05) is 6.07 Å². The lowest BCUT2D eigenvalue weighted by atomic mass is 10.1. The highest BCUT2D eigenvalue weighted by atomic mass is 35.5. The van der Waals surface area contributed by atoms with Crippen LogP contribution >= 0.6 is 11.6 Å². The van der Waals surface area contributed by atoms with E-state index < -0.39 is 11.2 Å². The predicted octanol–water partition coefficient (Wildman–Crippen LogP) is 1.11. The largest absolute Gasteiger partial charge is 0.332 e. The Kier molecular flexibility index (Phi) is 4.02. The number of hydrogen-bond acceptors (Lipinski definition) is 5. The second-order valence-electron chi connectivity index (χ2n) is 5.31. The van der Waals surface area contributed by atoms with Gasteiger partial charge in [-0.25, -0.2) is 14.8 Å². The summed E-state index contributed by atoms with van der Waals surface area (Å²) in [6.45, 7) is 0. The van der Waals surface area contributed by atoms with Crippen molar-refractivity contribution in [3.05, 3.63) is 67.6 Å². The molecule has 24 heavy (non-hydrogen) atoms. The molecule has 0 bridgehead atoms. The normalized spacial score (nSPS) is 11.0. The molecule has 0 atom stereocenters. The summed E-state index contributed by atoms with van der Waals surface area (Å²) in [5, 5.41) is -0.0254. The van der Waals surface area contributed by atoms with Gasteiger partial charge in [-0.1, -0.05) is 41.9 Å². The van der Waals surface area contributed by atoms with Crippen molar-refractivity contribution in [2.75, 3.05) is 0 Å². The second kappa shape index (κ2) is 6.01. The fourth-order valence-corrected chi connectivity index (χ4v) is 2.56. The third-order valence-electron chi connectivity index (χ3n) is 3.72. The van der Waals surface area contributed by atoms with Gasteiger partial charge in [0, 0.05) is 19.7 Å². The lowest BCUT2D eigenvalue weighted by molar-refractivity contribution is 0.0992. The van der Waals surface area contributed by atoms with Gasteiger partial charge in [0.05, 0.1) is 12.1 Å². The predicted molar refractivity (Wildman–Crippen MR) is 89.5 cm³/mol. The summed E-state index contributed by atoms with van der Waals surface area (Å²) in [6, 6.07) is 8.71. The minimum absolute atomic E-state index is 0.0134. The van der Waals surface area contributed by atoms with Crippen LogP contribution in [-0.4, -0.2) is 24.9 Å². The van der Waals surface area contributed by atoms with Gasteiger partial charge in [-0.05, 0) is 0 Å². The number of halogens is 1. The molecule has 0 fully saturated rings. The molecule has 0 N–H and O–H groups in total. The number of hydrogen-bond donors (Lipinski definition) is 0. The lowest BCUT2D eigenvalue weighted by Gasteiger charge is -2.09. The highest BCUT2D eigenvalue weighted by molar-refractivity contribution is 6.30. The number of aromatic nitrogens is 4. The summed E-state index contributed by atoms with van der Waals surface area (Å²) < 4.78 is 2.14. The maximum atomic E-state index is 12.3. The van der Waals surface area contributed by atoms with Gasteiger partial charge in [0.15, 0.2) is 22.1 Å². The highest BCUT2D eigenvalue weighted by Gasteiger charge is 2.17. The number of rotatable bonds is 3. The number of fused-ring (bicyclic) bond motifs is 1. The average Bonchev–Trinajstić information content (AvgIpc) is 2.60. The molecule has 7 nitrogen and oxygen atoms in total. The average molecular weight is 345 g/mol.